The highest BCUT2D eigenvalue weighted by atomic mass is 16.5. The van der Waals surface area contributed by atoms with Gasteiger partial charge in [0.15, 0.2) is 0 Å². The highest BCUT2D eigenvalue weighted by Gasteiger charge is 2.11. The van der Waals surface area contributed by atoms with Crippen LogP contribution in [0.1, 0.15) is 15.9 Å². The smallest absolute Gasteiger partial charge is 0.255 e. The SMILES string of the molecule is COc1ccc(C)cc1C(=O)NCCN. The van der Waals surface area contributed by atoms with E-state index in [1.807, 2.05) is 13.0 Å². The Morgan fingerprint density at radius 3 is 2.87 bits per heavy atom. The lowest BCUT2D eigenvalue weighted by molar-refractivity contribution is 0.0951. The average molecular weight is 208 g/mol. The van der Waals surface area contributed by atoms with E-state index in [0.29, 0.717) is 24.4 Å². The first-order valence-electron chi connectivity index (χ1n) is 4.82. The second-order valence-electron chi connectivity index (χ2n) is 3.25. The van der Waals surface area contributed by atoms with E-state index in [1.54, 1.807) is 19.2 Å². The molecular formula is C11H16N2O2. The fourth-order valence-electron chi connectivity index (χ4n) is 1.28. The Kier molecular flexibility index (Phi) is 4.12. The number of rotatable bonds is 4. The molecule has 0 aliphatic rings. The molecular weight excluding hydrogens is 192 g/mol. The summed E-state index contributed by atoms with van der Waals surface area (Å²) in [4.78, 5) is 11.7. The van der Waals surface area contributed by atoms with Gasteiger partial charge in [0.25, 0.3) is 5.91 Å². The molecule has 0 heterocycles. The van der Waals surface area contributed by atoms with Gasteiger partial charge in [-0.15, -0.1) is 0 Å². The van der Waals surface area contributed by atoms with Crippen molar-refractivity contribution in [2.45, 2.75) is 6.92 Å². The number of hydrogen-bond acceptors (Lipinski definition) is 3. The van der Waals surface area contributed by atoms with Crippen molar-refractivity contribution in [2.24, 2.45) is 5.73 Å². The van der Waals surface area contributed by atoms with Crippen LogP contribution < -0.4 is 15.8 Å². The van der Waals surface area contributed by atoms with Gasteiger partial charge < -0.3 is 15.8 Å². The van der Waals surface area contributed by atoms with E-state index in [9.17, 15) is 4.79 Å². The molecule has 1 rings (SSSR count). The molecule has 0 spiro atoms. The number of aryl methyl sites for hydroxylation is 1. The van der Waals surface area contributed by atoms with E-state index in [-0.39, 0.29) is 5.91 Å². The van der Waals surface area contributed by atoms with E-state index in [1.165, 1.54) is 0 Å². The molecule has 1 aromatic rings. The maximum absolute atomic E-state index is 11.7. The van der Waals surface area contributed by atoms with Gasteiger partial charge in [-0.1, -0.05) is 11.6 Å². The maximum atomic E-state index is 11.7. The molecule has 15 heavy (non-hydrogen) atoms. The van der Waals surface area contributed by atoms with Crippen molar-refractivity contribution in [1.82, 2.24) is 5.32 Å². The van der Waals surface area contributed by atoms with Crippen LogP contribution in [0.3, 0.4) is 0 Å². The van der Waals surface area contributed by atoms with Crippen LogP contribution in [0.15, 0.2) is 18.2 Å². The van der Waals surface area contributed by atoms with E-state index in [2.05, 4.69) is 5.32 Å². The predicted molar refractivity (Wildman–Crippen MR) is 59.1 cm³/mol. The van der Waals surface area contributed by atoms with Gasteiger partial charge in [-0.3, -0.25) is 4.79 Å². The minimum atomic E-state index is -0.152. The van der Waals surface area contributed by atoms with Crippen molar-refractivity contribution in [2.75, 3.05) is 20.2 Å². The summed E-state index contributed by atoms with van der Waals surface area (Å²) < 4.78 is 5.11. The Hall–Kier alpha value is -1.55. The Balaban J connectivity index is 2.90. The molecule has 0 aliphatic carbocycles. The minimum absolute atomic E-state index is 0.152. The third-order valence-electron chi connectivity index (χ3n) is 2.03. The van der Waals surface area contributed by atoms with Gasteiger partial charge in [-0.2, -0.15) is 0 Å². The maximum Gasteiger partial charge on any atom is 0.255 e. The second kappa shape index (κ2) is 5.36. The minimum Gasteiger partial charge on any atom is -0.496 e. The number of benzene rings is 1. The zero-order valence-corrected chi connectivity index (χ0v) is 9.04. The van der Waals surface area contributed by atoms with Crippen molar-refractivity contribution < 1.29 is 9.53 Å². The van der Waals surface area contributed by atoms with E-state index < -0.39 is 0 Å². The quantitative estimate of drug-likeness (QED) is 0.765. The number of ether oxygens (including phenoxy) is 1. The van der Waals surface area contributed by atoms with Crippen molar-refractivity contribution in [3.05, 3.63) is 29.3 Å². The fourth-order valence-corrected chi connectivity index (χ4v) is 1.28. The monoisotopic (exact) mass is 208 g/mol. The summed E-state index contributed by atoms with van der Waals surface area (Å²) in [6.45, 7) is 2.83. The zero-order chi connectivity index (χ0) is 11.3. The van der Waals surface area contributed by atoms with Crippen molar-refractivity contribution in [3.8, 4) is 5.75 Å². The van der Waals surface area contributed by atoms with Crippen molar-refractivity contribution in [3.63, 3.8) is 0 Å². The molecule has 3 N–H and O–H groups in total. The first-order valence-corrected chi connectivity index (χ1v) is 4.82. The molecule has 82 valence electrons. The van der Waals surface area contributed by atoms with Crippen LogP contribution in [0.4, 0.5) is 0 Å². The molecule has 0 aliphatic heterocycles. The molecule has 1 aromatic carbocycles. The van der Waals surface area contributed by atoms with Gasteiger partial charge in [0.1, 0.15) is 5.75 Å². The molecule has 0 bridgehead atoms. The molecule has 4 nitrogen and oxygen atoms in total. The Labute approximate surface area is 89.4 Å². The summed E-state index contributed by atoms with van der Waals surface area (Å²) in [5.41, 5.74) is 6.88. The normalized spacial score (nSPS) is 9.80. The highest BCUT2D eigenvalue weighted by Crippen LogP contribution is 2.19. The highest BCUT2D eigenvalue weighted by molar-refractivity contribution is 5.97. The average Bonchev–Trinajstić information content (AvgIpc) is 2.25. The Morgan fingerprint density at radius 2 is 2.27 bits per heavy atom. The number of amides is 1. The van der Waals surface area contributed by atoms with Gasteiger partial charge in [0.05, 0.1) is 12.7 Å². The van der Waals surface area contributed by atoms with Crippen LogP contribution in [-0.2, 0) is 0 Å². The van der Waals surface area contributed by atoms with Crippen molar-refractivity contribution in [1.29, 1.82) is 0 Å². The van der Waals surface area contributed by atoms with Gasteiger partial charge in [-0.25, -0.2) is 0 Å². The summed E-state index contributed by atoms with van der Waals surface area (Å²) in [5, 5.41) is 2.71. The molecule has 0 atom stereocenters. The predicted octanol–water partition coefficient (Wildman–Crippen LogP) is 0.692. The van der Waals surface area contributed by atoms with Crippen LogP contribution in [0.2, 0.25) is 0 Å². The topological polar surface area (TPSA) is 64.3 Å². The molecule has 0 unspecified atom stereocenters. The van der Waals surface area contributed by atoms with Gasteiger partial charge >= 0.3 is 0 Å². The third kappa shape index (κ3) is 2.95. The van der Waals surface area contributed by atoms with Gasteiger partial charge in [0, 0.05) is 13.1 Å². The molecule has 0 aromatic heterocycles. The Bertz CT molecular complexity index is 350. The van der Waals surface area contributed by atoms with Crippen LogP contribution >= 0.6 is 0 Å². The number of nitrogens with two attached hydrogens (primary N) is 1. The van der Waals surface area contributed by atoms with Gasteiger partial charge in [0.2, 0.25) is 0 Å². The molecule has 0 saturated carbocycles. The number of carbonyl (C=O) groups excluding carboxylic acids is 1. The number of hydrogen-bond donors (Lipinski definition) is 2. The lowest BCUT2D eigenvalue weighted by atomic mass is 10.1. The number of carbonyl (C=O) groups is 1. The lowest BCUT2D eigenvalue weighted by Crippen LogP contribution is -2.29. The summed E-state index contributed by atoms with van der Waals surface area (Å²) in [5.74, 6) is 0.427. The number of methoxy groups -OCH3 is 1. The van der Waals surface area contributed by atoms with Crippen LogP contribution in [-0.4, -0.2) is 26.1 Å². The lowest BCUT2D eigenvalue weighted by Gasteiger charge is -2.09. The first-order chi connectivity index (χ1) is 7.19. The van der Waals surface area contributed by atoms with E-state index >= 15 is 0 Å². The first kappa shape index (κ1) is 11.5. The van der Waals surface area contributed by atoms with Gasteiger partial charge in [-0.05, 0) is 19.1 Å². The largest absolute Gasteiger partial charge is 0.496 e. The van der Waals surface area contributed by atoms with Crippen molar-refractivity contribution >= 4 is 5.91 Å². The summed E-state index contributed by atoms with van der Waals surface area (Å²) in [7, 11) is 1.55. The zero-order valence-electron chi connectivity index (χ0n) is 9.04. The second-order valence-corrected chi connectivity index (χ2v) is 3.25. The van der Waals surface area contributed by atoms with E-state index in [4.69, 9.17) is 10.5 Å². The number of nitrogens with one attached hydrogen (secondary N) is 1. The summed E-state index contributed by atoms with van der Waals surface area (Å²) in [6, 6.07) is 5.48. The molecule has 1 amide bonds. The summed E-state index contributed by atoms with van der Waals surface area (Å²) in [6.07, 6.45) is 0. The molecule has 0 saturated heterocycles. The molecule has 0 radical (unpaired) electrons. The van der Waals surface area contributed by atoms with E-state index in [0.717, 1.165) is 5.56 Å². The Morgan fingerprint density at radius 1 is 1.53 bits per heavy atom. The third-order valence-corrected chi connectivity index (χ3v) is 2.03. The fraction of sp³-hybridized carbons (Fsp3) is 0.364. The van der Waals surface area contributed by atoms with Crippen LogP contribution in [0.25, 0.3) is 0 Å². The molecule has 0 fully saturated rings. The van der Waals surface area contributed by atoms with Crippen LogP contribution in [0.5, 0.6) is 5.75 Å². The van der Waals surface area contributed by atoms with Crippen LogP contribution in [0, 0.1) is 6.92 Å². The summed E-state index contributed by atoms with van der Waals surface area (Å²) >= 11 is 0. The molecule has 4 heteroatoms. The standard InChI is InChI=1S/C11H16N2O2/c1-8-3-4-10(15-2)9(7-8)11(14)13-6-5-12/h3-4,7H,5-6,12H2,1-2H3,(H,13,14).